The van der Waals surface area contributed by atoms with E-state index in [2.05, 4.69) is 22.1 Å². The van der Waals surface area contributed by atoms with Crippen molar-refractivity contribution in [2.75, 3.05) is 49.6 Å². The number of imidazole rings is 1. The quantitative estimate of drug-likeness (QED) is 0.520. The predicted octanol–water partition coefficient (Wildman–Crippen LogP) is 3.71. The molecule has 1 aromatic heterocycles. The lowest BCUT2D eigenvalue weighted by Crippen LogP contribution is -2.38. The van der Waals surface area contributed by atoms with Gasteiger partial charge in [0.15, 0.2) is 0 Å². The number of amides is 1. The number of ether oxygens (including phenoxy) is 1. The molecule has 2 saturated heterocycles. The highest BCUT2D eigenvalue weighted by atomic mass is 32.2. The van der Waals surface area contributed by atoms with E-state index in [0.717, 1.165) is 36.7 Å². The smallest absolute Gasteiger partial charge is 0.260 e. The Labute approximate surface area is 212 Å². The fourth-order valence-electron chi connectivity index (χ4n) is 4.98. The number of rotatable bonds is 7. The molecule has 3 heterocycles. The molecular formula is C26H33N5O4S. The number of nitrogens with one attached hydrogen (secondary N) is 1. The van der Waals surface area contributed by atoms with E-state index in [9.17, 15) is 13.2 Å². The number of hydrogen-bond donors (Lipinski definition) is 1. The van der Waals surface area contributed by atoms with Crippen LogP contribution >= 0.6 is 0 Å². The lowest BCUT2D eigenvalue weighted by atomic mass is 10.1. The molecule has 0 bridgehead atoms. The lowest BCUT2D eigenvalue weighted by molar-refractivity contribution is 0.102. The van der Waals surface area contributed by atoms with Crippen LogP contribution in [0.15, 0.2) is 47.4 Å². The summed E-state index contributed by atoms with van der Waals surface area (Å²) in [6.45, 7) is 6.18. The van der Waals surface area contributed by atoms with Crippen molar-refractivity contribution in [1.82, 2.24) is 13.9 Å². The summed E-state index contributed by atoms with van der Waals surface area (Å²) < 4.78 is 35.8. The van der Waals surface area contributed by atoms with E-state index in [4.69, 9.17) is 4.74 Å². The number of para-hydroxylation sites is 2. The summed E-state index contributed by atoms with van der Waals surface area (Å²) in [5.41, 5.74) is 2.78. The molecule has 192 valence electrons. The van der Waals surface area contributed by atoms with Gasteiger partial charge in [-0.15, -0.1) is 0 Å². The van der Waals surface area contributed by atoms with Gasteiger partial charge in [-0.2, -0.15) is 4.31 Å². The Bertz CT molecular complexity index is 1340. The highest BCUT2D eigenvalue weighted by Crippen LogP contribution is 2.29. The third kappa shape index (κ3) is 4.85. The molecule has 3 aromatic rings. The highest BCUT2D eigenvalue weighted by Gasteiger charge is 2.29. The highest BCUT2D eigenvalue weighted by molar-refractivity contribution is 7.89. The molecule has 2 aliphatic rings. The van der Waals surface area contributed by atoms with E-state index < -0.39 is 10.0 Å². The fraction of sp³-hybridized carbons (Fsp3) is 0.462. The molecule has 0 unspecified atom stereocenters. The first-order valence-corrected chi connectivity index (χ1v) is 14.2. The Morgan fingerprint density at radius 2 is 1.78 bits per heavy atom. The van der Waals surface area contributed by atoms with Crippen LogP contribution < -0.4 is 10.2 Å². The SMILES string of the molecule is CCCn1c(NC(=O)c2cc(S(=O)(=O)N3CCCCC3)ccc2N2CCOCC2)nc2ccccc21. The Balaban J connectivity index is 1.53. The molecule has 2 fully saturated rings. The van der Waals surface area contributed by atoms with Crippen LogP contribution in [0.1, 0.15) is 43.0 Å². The number of hydrogen-bond acceptors (Lipinski definition) is 6. The molecule has 0 radical (unpaired) electrons. The number of nitrogens with zero attached hydrogens (tertiary/aromatic N) is 4. The number of benzene rings is 2. The van der Waals surface area contributed by atoms with Gasteiger partial charge in [-0.05, 0) is 49.6 Å². The standard InChI is InChI=1S/C26H33N5O4S/c1-2-12-31-24-9-5-4-8-22(24)27-26(31)28-25(32)21-19-20(36(33,34)30-13-6-3-7-14-30)10-11-23(21)29-15-17-35-18-16-29/h4-5,8-11,19H,2-3,6-7,12-18H2,1H3,(H,27,28,32). The van der Waals surface area contributed by atoms with Gasteiger partial charge in [0.2, 0.25) is 16.0 Å². The second-order valence-corrected chi connectivity index (χ2v) is 11.2. The number of aryl methyl sites for hydroxylation is 1. The van der Waals surface area contributed by atoms with Gasteiger partial charge in [0.25, 0.3) is 5.91 Å². The number of sulfonamides is 1. The predicted molar refractivity (Wildman–Crippen MR) is 140 cm³/mol. The molecule has 1 N–H and O–H groups in total. The maximum Gasteiger partial charge on any atom is 0.260 e. The second-order valence-electron chi connectivity index (χ2n) is 9.27. The van der Waals surface area contributed by atoms with Crippen molar-refractivity contribution >= 4 is 38.6 Å². The summed E-state index contributed by atoms with van der Waals surface area (Å²) >= 11 is 0. The van der Waals surface area contributed by atoms with Crippen LogP contribution in [-0.4, -0.2) is 67.6 Å². The Morgan fingerprint density at radius 3 is 2.53 bits per heavy atom. The largest absolute Gasteiger partial charge is 0.378 e. The molecule has 5 rings (SSSR count). The van der Waals surface area contributed by atoms with Crippen LogP contribution in [0.25, 0.3) is 11.0 Å². The third-order valence-corrected chi connectivity index (χ3v) is 8.74. The summed E-state index contributed by atoms with van der Waals surface area (Å²) in [7, 11) is -3.69. The first-order valence-electron chi connectivity index (χ1n) is 12.7. The van der Waals surface area contributed by atoms with Gasteiger partial charge in [0, 0.05) is 38.4 Å². The first kappa shape index (κ1) is 24.7. The second kappa shape index (κ2) is 10.6. The van der Waals surface area contributed by atoms with Gasteiger partial charge in [-0.3, -0.25) is 10.1 Å². The van der Waals surface area contributed by atoms with Crippen molar-refractivity contribution in [1.29, 1.82) is 0 Å². The number of aromatic nitrogens is 2. The van der Waals surface area contributed by atoms with Gasteiger partial charge < -0.3 is 14.2 Å². The van der Waals surface area contributed by atoms with Crippen molar-refractivity contribution in [3.63, 3.8) is 0 Å². The van der Waals surface area contributed by atoms with E-state index in [1.807, 2.05) is 28.8 Å². The van der Waals surface area contributed by atoms with Crippen LogP contribution in [0.2, 0.25) is 0 Å². The third-order valence-electron chi connectivity index (χ3n) is 6.84. The molecule has 0 saturated carbocycles. The maximum atomic E-state index is 13.7. The van der Waals surface area contributed by atoms with Gasteiger partial charge in [-0.25, -0.2) is 13.4 Å². The number of anilines is 2. The molecular weight excluding hydrogens is 478 g/mol. The zero-order valence-corrected chi connectivity index (χ0v) is 21.5. The maximum absolute atomic E-state index is 13.7. The van der Waals surface area contributed by atoms with Crippen LogP contribution in [0.3, 0.4) is 0 Å². The Morgan fingerprint density at radius 1 is 1.03 bits per heavy atom. The zero-order valence-electron chi connectivity index (χ0n) is 20.6. The molecule has 2 aromatic carbocycles. The van der Waals surface area contributed by atoms with E-state index in [-0.39, 0.29) is 10.8 Å². The number of carbonyl (C=O) groups excluding carboxylic acids is 1. The minimum atomic E-state index is -3.69. The molecule has 0 spiro atoms. The molecule has 2 aliphatic heterocycles. The number of carbonyl (C=O) groups is 1. The summed E-state index contributed by atoms with van der Waals surface area (Å²) in [4.78, 5) is 20.6. The molecule has 0 atom stereocenters. The molecule has 1 amide bonds. The molecule has 0 aliphatic carbocycles. The monoisotopic (exact) mass is 511 g/mol. The average Bonchev–Trinajstić information content (AvgIpc) is 3.26. The van der Waals surface area contributed by atoms with Gasteiger partial charge in [0.1, 0.15) is 0 Å². The van der Waals surface area contributed by atoms with E-state index >= 15 is 0 Å². The molecule has 9 nitrogen and oxygen atoms in total. The Hall–Kier alpha value is -2.95. The molecule has 10 heteroatoms. The van der Waals surface area contributed by atoms with Crippen LogP contribution in [0.5, 0.6) is 0 Å². The number of morpholine rings is 1. The van der Waals surface area contributed by atoms with Gasteiger partial charge in [0.05, 0.1) is 34.7 Å². The zero-order chi connectivity index (χ0) is 25.1. The average molecular weight is 512 g/mol. The van der Waals surface area contributed by atoms with E-state index in [1.165, 1.54) is 10.4 Å². The van der Waals surface area contributed by atoms with Gasteiger partial charge >= 0.3 is 0 Å². The minimum absolute atomic E-state index is 0.147. The summed E-state index contributed by atoms with van der Waals surface area (Å²) in [5, 5.41) is 2.99. The summed E-state index contributed by atoms with van der Waals surface area (Å²) in [6, 6.07) is 12.7. The van der Waals surface area contributed by atoms with Crippen molar-refractivity contribution in [3.05, 3.63) is 48.0 Å². The minimum Gasteiger partial charge on any atom is -0.378 e. The van der Waals surface area contributed by atoms with E-state index in [1.54, 1.807) is 12.1 Å². The van der Waals surface area contributed by atoms with Crippen molar-refractivity contribution in [3.8, 4) is 0 Å². The van der Waals surface area contributed by atoms with Crippen molar-refractivity contribution in [2.45, 2.75) is 44.0 Å². The number of piperidine rings is 1. The first-order chi connectivity index (χ1) is 17.5. The molecule has 36 heavy (non-hydrogen) atoms. The van der Waals surface area contributed by atoms with Gasteiger partial charge in [-0.1, -0.05) is 25.5 Å². The van der Waals surface area contributed by atoms with Crippen LogP contribution in [0, 0.1) is 0 Å². The Kier molecular flexibility index (Phi) is 7.27. The van der Waals surface area contributed by atoms with Crippen molar-refractivity contribution in [2.24, 2.45) is 0 Å². The summed E-state index contributed by atoms with van der Waals surface area (Å²) in [5.74, 6) is 0.0834. The lowest BCUT2D eigenvalue weighted by Gasteiger charge is -2.31. The topological polar surface area (TPSA) is 96.8 Å². The summed E-state index contributed by atoms with van der Waals surface area (Å²) in [6.07, 6.45) is 3.62. The number of fused-ring (bicyclic) bond motifs is 1. The van der Waals surface area contributed by atoms with Crippen molar-refractivity contribution < 1.29 is 17.9 Å². The van der Waals surface area contributed by atoms with E-state index in [0.29, 0.717) is 63.1 Å². The normalized spacial score (nSPS) is 17.4. The van der Waals surface area contributed by atoms with Crippen LogP contribution in [-0.2, 0) is 21.3 Å². The fourth-order valence-corrected chi connectivity index (χ4v) is 6.53. The van der Waals surface area contributed by atoms with Crippen LogP contribution in [0.4, 0.5) is 11.6 Å².